The highest BCUT2D eigenvalue weighted by Gasteiger charge is 2.25. The summed E-state index contributed by atoms with van der Waals surface area (Å²) in [5.74, 6) is 0.467. The Kier molecular flexibility index (Phi) is 5.76. The van der Waals surface area contributed by atoms with Gasteiger partial charge in [-0.3, -0.25) is 0 Å². The van der Waals surface area contributed by atoms with E-state index in [0.717, 1.165) is 32.5 Å². The van der Waals surface area contributed by atoms with E-state index in [0.29, 0.717) is 12.4 Å². The number of hydrogen-bond acceptors (Lipinski definition) is 4. The summed E-state index contributed by atoms with van der Waals surface area (Å²) in [6.07, 6.45) is 2.03. The molecule has 0 aromatic heterocycles. The lowest BCUT2D eigenvalue weighted by Crippen LogP contribution is -2.51. The van der Waals surface area contributed by atoms with Crippen LogP contribution in [0.2, 0.25) is 0 Å². The Morgan fingerprint density at radius 1 is 1.35 bits per heavy atom. The molecule has 112 valence electrons. The molecule has 2 rings (SSSR count). The number of nitrogens with two attached hydrogens (primary N) is 1. The first-order valence-corrected chi connectivity index (χ1v) is 7.08. The molecule has 20 heavy (non-hydrogen) atoms. The Morgan fingerprint density at radius 2 is 2.10 bits per heavy atom. The van der Waals surface area contributed by atoms with Crippen molar-refractivity contribution in [3.63, 3.8) is 0 Å². The van der Waals surface area contributed by atoms with Gasteiger partial charge < -0.3 is 20.1 Å². The van der Waals surface area contributed by atoms with Crippen LogP contribution in [0.3, 0.4) is 0 Å². The smallest absolute Gasteiger partial charge is 0.123 e. The van der Waals surface area contributed by atoms with Gasteiger partial charge in [-0.05, 0) is 43.7 Å². The van der Waals surface area contributed by atoms with Gasteiger partial charge in [0.25, 0.3) is 0 Å². The zero-order valence-electron chi connectivity index (χ0n) is 11.9. The third-order valence-electron chi connectivity index (χ3n) is 3.70. The average Bonchev–Trinajstić information content (AvgIpc) is 2.47. The van der Waals surface area contributed by atoms with Crippen LogP contribution in [0, 0.1) is 5.82 Å². The summed E-state index contributed by atoms with van der Waals surface area (Å²) in [5.41, 5.74) is 5.99. The summed E-state index contributed by atoms with van der Waals surface area (Å²) in [5, 5.41) is 0. The normalized spacial score (nSPS) is 23.8. The maximum atomic E-state index is 12.7. The number of rotatable bonds is 6. The minimum Gasteiger partial charge on any atom is -0.494 e. The van der Waals surface area contributed by atoms with Crippen LogP contribution in [-0.2, 0) is 4.74 Å². The molecule has 1 aliphatic heterocycles. The van der Waals surface area contributed by atoms with Gasteiger partial charge in [-0.2, -0.15) is 0 Å². The van der Waals surface area contributed by atoms with Crippen LogP contribution in [0.5, 0.6) is 5.75 Å². The first-order valence-electron chi connectivity index (χ1n) is 7.08. The van der Waals surface area contributed by atoms with Gasteiger partial charge >= 0.3 is 0 Å². The predicted octanol–water partition coefficient (Wildman–Crippen LogP) is 1.64. The van der Waals surface area contributed by atoms with Gasteiger partial charge in [-0.1, -0.05) is 0 Å². The van der Waals surface area contributed by atoms with E-state index in [-0.39, 0.29) is 18.0 Å². The van der Waals surface area contributed by atoms with E-state index >= 15 is 0 Å². The van der Waals surface area contributed by atoms with Crippen molar-refractivity contribution in [2.24, 2.45) is 5.73 Å². The molecule has 2 N–H and O–H groups in total. The zero-order chi connectivity index (χ0) is 14.4. The van der Waals surface area contributed by atoms with Gasteiger partial charge in [0, 0.05) is 26.2 Å². The fourth-order valence-corrected chi connectivity index (χ4v) is 2.46. The van der Waals surface area contributed by atoms with Crippen molar-refractivity contribution in [2.75, 3.05) is 33.4 Å². The predicted molar refractivity (Wildman–Crippen MR) is 76.3 cm³/mol. The standard InChI is InChI=1S/C15H23FN2O2/c1-19-15-11-18(9-7-14(15)17)8-2-10-20-13-5-3-12(16)4-6-13/h3-6,14-15H,2,7-11,17H2,1H3/t14-,15-/m1/s1. The molecule has 1 aromatic rings. The number of benzene rings is 1. The van der Waals surface area contributed by atoms with E-state index in [4.69, 9.17) is 15.2 Å². The van der Waals surface area contributed by atoms with E-state index in [9.17, 15) is 4.39 Å². The van der Waals surface area contributed by atoms with Crippen LogP contribution in [0.1, 0.15) is 12.8 Å². The van der Waals surface area contributed by atoms with Gasteiger partial charge in [0.2, 0.25) is 0 Å². The maximum Gasteiger partial charge on any atom is 0.123 e. The first-order chi connectivity index (χ1) is 9.69. The van der Waals surface area contributed by atoms with Crippen molar-refractivity contribution in [3.05, 3.63) is 30.1 Å². The zero-order valence-corrected chi connectivity index (χ0v) is 11.9. The van der Waals surface area contributed by atoms with E-state index in [1.54, 1.807) is 19.2 Å². The van der Waals surface area contributed by atoms with Crippen LogP contribution < -0.4 is 10.5 Å². The van der Waals surface area contributed by atoms with Gasteiger partial charge in [0.15, 0.2) is 0 Å². The summed E-state index contributed by atoms with van der Waals surface area (Å²) in [4.78, 5) is 2.35. The molecular weight excluding hydrogens is 259 g/mol. The average molecular weight is 282 g/mol. The Hall–Kier alpha value is -1.17. The highest BCUT2D eigenvalue weighted by molar-refractivity contribution is 5.21. The van der Waals surface area contributed by atoms with Gasteiger partial charge in [0.05, 0.1) is 12.7 Å². The van der Waals surface area contributed by atoms with Crippen LogP contribution in [-0.4, -0.2) is 50.4 Å². The third kappa shape index (κ3) is 4.44. The fourth-order valence-electron chi connectivity index (χ4n) is 2.46. The van der Waals surface area contributed by atoms with Gasteiger partial charge in [-0.25, -0.2) is 4.39 Å². The lowest BCUT2D eigenvalue weighted by molar-refractivity contribution is 0.0154. The number of nitrogens with zero attached hydrogens (tertiary/aromatic N) is 1. The molecule has 4 nitrogen and oxygen atoms in total. The van der Waals surface area contributed by atoms with Crippen molar-refractivity contribution in [1.82, 2.24) is 4.90 Å². The molecular formula is C15H23FN2O2. The van der Waals surface area contributed by atoms with Crippen molar-refractivity contribution in [2.45, 2.75) is 25.0 Å². The molecule has 0 radical (unpaired) electrons. The van der Waals surface area contributed by atoms with E-state index < -0.39 is 0 Å². The second-order valence-electron chi connectivity index (χ2n) is 5.18. The Morgan fingerprint density at radius 3 is 2.80 bits per heavy atom. The number of halogens is 1. The van der Waals surface area contributed by atoms with Crippen LogP contribution in [0.4, 0.5) is 4.39 Å². The molecule has 0 amide bonds. The third-order valence-corrected chi connectivity index (χ3v) is 3.70. The molecule has 1 aliphatic rings. The number of hydrogen-bond donors (Lipinski definition) is 1. The Bertz CT molecular complexity index is 399. The summed E-state index contributed by atoms with van der Waals surface area (Å²) in [7, 11) is 1.71. The molecule has 1 saturated heterocycles. The molecule has 0 aliphatic carbocycles. The minimum atomic E-state index is -0.243. The van der Waals surface area contributed by atoms with Gasteiger partial charge in [0.1, 0.15) is 11.6 Å². The second-order valence-corrected chi connectivity index (χ2v) is 5.18. The maximum absolute atomic E-state index is 12.7. The molecule has 2 atom stereocenters. The number of ether oxygens (including phenoxy) is 2. The fraction of sp³-hybridized carbons (Fsp3) is 0.600. The molecule has 0 unspecified atom stereocenters. The number of piperidine rings is 1. The van der Waals surface area contributed by atoms with E-state index in [1.807, 2.05) is 0 Å². The van der Waals surface area contributed by atoms with Crippen LogP contribution >= 0.6 is 0 Å². The summed E-state index contributed by atoms with van der Waals surface area (Å²) in [6.45, 7) is 3.49. The highest BCUT2D eigenvalue weighted by atomic mass is 19.1. The van der Waals surface area contributed by atoms with Crippen molar-refractivity contribution >= 4 is 0 Å². The topological polar surface area (TPSA) is 47.7 Å². The lowest BCUT2D eigenvalue weighted by atomic mass is 10.0. The molecule has 0 bridgehead atoms. The van der Waals surface area contributed by atoms with Crippen molar-refractivity contribution < 1.29 is 13.9 Å². The minimum absolute atomic E-state index is 0.127. The SMILES string of the molecule is CO[C@@H]1CN(CCCOc2ccc(F)cc2)CC[C@H]1N. The van der Waals surface area contributed by atoms with Crippen LogP contribution in [0.15, 0.2) is 24.3 Å². The lowest BCUT2D eigenvalue weighted by Gasteiger charge is -2.35. The van der Waals surface area contributed by atoms with Crippen molar-refractivity contribution in [3.8, 4) is 5.75 Å². The Balaban J connectivity index is 1.65. The monoisotopic (exact) mass is 282 g/mol. The molecule has 1 aromatic carbocycles. The number of likely N-dealkylation sites (tertiary alicyclic amines) is 1. The highest BCUT2D eigenvalue weighted by Crippen LogP contribution is 2.13. The summed E-state index contributed by atoms with van der Waals surface area (Å²) >= 11 is 0. The summed E-state index contributed by atoms with van der Waals surface area (Å²) < 4.78 is 23.7. The van der Waals surface area contributed by atoms with E-state index in [1.165, 1.54) is 12.1 Å². The largest absolute Gasteiger partial charge is 0.494 e. The van der Waals surface area contributed by atoms with Gasteiger partial charge in [-0.15, -0.1) is 0 Å². The molecule has 1 heterocycles. The number of methoxy groups -OCH3 is 1. The molecule has 0 spiro atoms. The first kappa shape index (κ1) is 15.2. The van der Waals surface area contributed by atoms with Crippen LogP contribution in [0.25, 0.3) is 0 Å². The quantitative estimate of drug-likeness (QED) is 0.806. The molecule has 5 heteroatoms. The van der Waals surface area contributed by atoms with E-state index in [2.05, 4.69) is 4.90 Å². The second kappa shape index (κ2) is 7.57. The summed E-state index contributed by atoms with van der Waals surface area (Å²) in [6, 6.07) is 6.26. The van der Waals surface area contributed by atoms with Crippen molar-refractivity contribution in [1.29, 1.82) is 0 Å². The molecule has 1 fully saturated rings. The Labute approximate surface area is 119 Å². The molecule has 0 saturated carbocycles.